The van der Waals surface area contributed by atoms with Gasteiger partial charge in [0.05, 0.1) is 6.61 Å². The largest absolute Gasteiger partial charge is 0.504 e. The van der Waals surface area contributed by atoms with Crippen molar-refractivity contribution in [2.75, 3.05) is 18.6 Å². The predicted molar refractivity (Wildman–Crippen MR) is 78.6 cm³/mol. The van der Waals surface area contributed by atoms with Crippen LogP contribution in [0.3, 0.4) is 0 Å². The topological polar surface area (TPSA) is 41.5 Å². The van der Waals surface area contributed by atoms with Gasteiger partial charge in [-0.3, -0.25) is 0 Å². The molecule has 0 aliphatic rings. The summed E-state index contributed by atoms with van der Waals surface area (Å²) in [6, 6.07) is 6.08. The highest BCUT2D eigenvalue weighted by Crippen LogP contribution is 2.29. The van der Waals surface area contributed by atoms with Crippen LogP contribution in [0.1, 0.15) is 25.8 Å². The molecule has 0 aliphatic heterocycles. The molecule has 1 unspecified atom stereocenters. The van der Waals surface area contributed by atoms with E-state index in [1.54, 1.807) is 6.07 Å². The normalized spacial score (nSPS) is 12.4. The van der Waals surface area contributed by atoms with E-state index < -0.39 is 0 Å². The molecule has 18 heavy (non-hydrogen) atoms. The molecule has 2 N–H and O–H groups in total. The number of benzene rings is 1. The van der Waals surface area contributed by atoms with E-state index in [4.69, 9.17) is 4.74 Å². The molecular formula is C14H23NO2S. The van der Waals surface area contributed by atoms with E-state index >= 15 is 0 Å². The van der Waals surface area contributed by atoms with Crippen molar-refractivity contribution in [1.82, 2.24) is 5.32 Å². The molecule has 0 amide bonds. The summed E-state index contributed by atoms with van der Waals surface area (Å²) in [5.74, 6) is 1.97. The molecule has 0 heterocycles. The van der Waals surface area contributed by atoms with Gasteiger partial charge in [-0.25, -0.2) is 0 Å². The number of para-hydroxylation sites is 1. The summed E-state index contributed by atoms with van der Waals surface area (Å²) in [5.41, 5.74) is 0.886. The van der Waals surface area contributed by atoms with E-state index in [2.05, 4.69) is 18.5 Å². The summed E-state index contributed by atoms with van der Waals surface area (Å²) in [4.78, 5) is 0. The van der Waals surface area contributed by atoms with Crippen LogP contribution in [0.15, 0.2) is 18.2 Å². The Kier molecular flexibility index (Phi) is 6.98. The number of hydrogen-bond donors (Lipinski definition) is 2. The van der Waals surface area contributed by atoms with Gasteiger partial charge in [0, 0.05) is 18.2 Å². The second-order valence-electron chi connectivity index (χ2n) is 4.26. The number of thioether (sulfide) groups is 1. The van der Waals surface area contributed by atoms with E-state index in [1.165, 1.54) is 0 Å². The Balaban J connectivity index is 2.54. The molecule has 4 heteroatoms. The van der Waals surface area contributed by atoms with Crippen molar-refractivity contribution < 1.29 is 9.84 Å². The average Bonchev–Trinajstić information content (AvgIpc) is 2.37. The molecule has 3 nitrogen and oxygen atoms in total. The zero-order valence-electron chi connectivity index (χ0n) is 11.4. The number of phenols is 1. The fraction of sp³-hybridized carbons (Fsp3) is 0.571. The molecule has 0 bridgehead atoms. The van der Waals surface area contributed by atoms with Crippen molar-refractivity contribution in [3.8, 4) is 11.5 Å². The molecule has 0 spiro atoms. The number of nitrogens with one attached hydrogen (secondary N) is 1. The first kappa shape index (κ1) is 15.2. The summed E-state index contributed by atoms with van der Waals surface area (Å²) >= 11 is 1.85. The number of hydrogen-bond acceptors (Lipinski definition) is 4. The van der Waals surface area contributed by atoms with Gasteiger partial charge in [-0.1, -0.05) is 12.1 Å². The van der Waals surface area contributed by atoms with E-state index in [-0.39, 0.29) is 5.75 Å². The Hall–Kier alpha value is -0.870. The molecule has 0 saturated heterocycles. The van der Waals surface area contributed by atoms with E-state index in [0.717, 1.165) is 17.7 Å². The lowest BCUT2D eigenvalue weighted by atomic mass is 10.1. The molecule has 1 rings (SSSR count). The third kappa shape index (κ3) is 4.78. The minimum atomic E-state index is 0.254. The second-order valence-corrected chi connectivity index (χ2v) is 5.25. The number of ether oxygens (including phenoxy) is 1. The quantitative estimate of drug-likeness (QED) is 0.761. The zero-order valence-corrected chi connectivity index (χ0v) is 12.2. The molecule has 0 aliphatic carbocycles. The fourth-order valence-corrected chi connectivity index (χ4v) is 2.25. The Morgan fingerprint density at radius 1 is 1.44 bits per heavy atom. The van der Waals surface area contributed by atoms with Crippen LogP contribution in [0.5, 0.6) is 11.5 Å². The molecule has 102 valence electrons. The lowest BCUT2D eigenvalue weighted by Gasteiger charge is -2.15. The van der Waals surface area contributed by atoms with Gasteiger partial charge < -0.3 is 15.2 Å². The van der Waals surface area contributed by atoms with Gasteiger partial charge in [0.25, 0.3) is 0 Å². The van der Waals surface area contributed by atoms with Crippen LogP contribution in [0.4, 0.5) is 0 Å². The maximum atomic E-state index is 10.0. The van der Waals surface area contributed by atoms with Gasteiger partial charge in [0.15, 0.2) is 11.5 Å². The van der Waals surface area contributed by atoms with Gasteiger partial charge in [-0.05, 0) is 38.3 Å². The molecule has 0 aromatic heterocycles. The van der Waals surface area contributed by atoms with Crippen LogP contribution < -0.4 is 10.1 Å². The maximum absolute atomic E-state index is 10.0. The molecule has 1 aromatic rings. The van der Waals surface area contributed by atoms with Crippen molar-refractivity contribution in [2.45, 2.75) is 32.9 Å². The first-order valence-electron chi connectivity index (χ1n) is 6.35. The highest BCUT2D eigenvalue weighted by Gasteiger charge is 2.08. The van der Waals surface area contributed by atoms with Crippen LogP contribution in [0, 0.1) is 0 Å². The molecule has 0 fully saturated rings. The first-order valence-corrected chi connectivity index (χ1v) is 7.74. The predicted octanol–water partition coefficient (Wildman–Crippen LogP) is 3.02. The second kappa shape index (κ2) is 8.27. The third-order valence-corrected chi connectivity index (χ3v) is 3.42. The van der Waals surface area contributed by atoms with Crippen LogP contribution in [0.2, 0.25) is 0 Å². The zero-order chi connectivity index (χ0) is 13.4. The fourth-order valence-electron chi connectivity index (χ4n) is 1.66. The van der Waals surface area contributed by atoms with E-state index in [9.17, 15) is 5.11 Å². The van der Waals surface area contributed by atoms with Crippen molar-refractivity contribution in [3.05, 3.63) is 23.8 Å². The lowest BCUT2D eigenvalue weighted by Crippen LogP contribution is -2.26. The minimum Gasteiger partial charge on any atom is -0.504 e. The van der Waals surface area contributed by atoms with Gasteiger partial charge in [-0.2, -0.15) is 11.8 Å². The minimum absolute atomic E-state index is 0.254. The summed E-state index contributed by atoms with van der Waals surface area (Å²) in [6.45, 7) is 5.31. The molecule has 0 radical (unpaired) electrons. The lowest BCUT2D eigenvalue weighted by molar-refractivity contribution is 0.316. The van der Waals surface area contributed by atoms with Gasteiger partial charge in [-0.15, -0.1) is 0 Å². The van der Waals surface area contributed by atoms with Crippen molar-refractivity contribution in [2.24, 2.45) is 0 Å². The van der Waals surface area contributed by atoms with E-state index in [0.29, 0.717) is 24.9 Å². The van der Waals surface area contributed by atoms with Crippen LogP contribution >= 0.6 is 11.8 Å². The highest BCUT2D eigenvalue weighted by molar-refractivity contribution is 7.98. The summed E-state index contributed by atoms with van der Waals surface area (Å²) in [7, 11) is 0. The Morgan fingerprint density at radius 2 is 2.22 bits per heavy atom. The smallest absolute Gasteiger partial charge is 0.162 e. The monoisotopic (exact) mass is 269 g/mol. The summed E-state index contributed by atoms with van der Waals surface area (Å²) in [5, 5.41) is 13.5. The van der Waals surface area contributed by atoms with Crippen molar-refractivity contribution in [1.29, 1.82) is 0 Å². The average molecular weight is 269 g/mol. The van der Waals surface area contributed by atoms with Gasteiger partial charge in [0.2, 0.25) is 0 Å². The van der Waals surface area contributed by atoms with E-state index in [1.807, 2.05) is 30.8 Å². The highest BCUT2D eigenvalue weighted by atomic mass is 32.2. The molecular weight excluding hydrogens is 246 g/mol. The molecule has 0 saturated carbocycles. The maximum Gasteiger partial charge on any atom is 0.162 e. The summed E-state index contributed by atoms with van der Waals surface area (Å²) in [6.07, 6.45) is 3.25. The Labute approximate surface area is 114 Å². The van der Waals surface area contributed by atoms with Crippen LogP contribution in [-0.2, 0) is 6.54 Å². The SMILES string of the molecule is CCOc1cccc(CNC(C)CCSC)c1O. The van der Waals surface area contributed by atoms with Gasteiger partial charge >= 0.3 is 0 Å². The first-order chi connectivity index (χ1) is 8.69. The van der Waals surface area contributed by atoms with Crippen molar-refractivity contribution in [3.63, 3.8) is 0 Å². The number of aromatic hydroxyl groups is 1. The number of rotatable bonds is 8. The Morgan fingerprint density at radius 3 is 2.89 bits per heavy atom. The molecule has 1 atom stereocenters. The van der Waals surface area contributed by atoms with Crippen LogP contribution in [-0.4, -0.2) is 29.8 Å². The molecule has 1 aromatic carbocycles. The van der Waals surface area contributed by atoms with Gasteiger partial charge in [0.1, 0.15) is 0 Å². The standard InChI is InChI=1S/C14H23NO2S/c1-4-17-13-7-5-6-12(14(13)16)10-15-11(2)8-9-18-3/h5-7,11,15-16H,4,8-10H2,1-3H3. The third-order valence-electron chi connectivity index (χ3n) is 2.78. The Bertz CT molecular complexity index is 358. The number of phenolic OH excluding ortho intramolecular Hbond substituents is 1. The van der Waals surface area contributed by atoms with Crippen molar-refractivity contribution >= 4 is 11.8 Å². The summed E-state index contributed by atoms with van der Waals surface area (Å²) < 4.78 is 5.37. The van der Waals surface area contributed by atoms with Crippen LogP contribution in [0.25, 0.3) is 0 Å².